The molecule has 3 N–H and O–H groups in total. The fourth-order valence-electron chi connectivity index (χ4n) is 1.94. The van der Waals surface area contributed by atoms with Crippen LogP contribution in [-0.4, -0.2) is 17.0 Å². The molecule has 0 amide bonds. The fourth-order valence-corrected chi connectivity index (χ4v) is 2.77. The molecule has 114 valence electrons. The van der Waals surface area contributed by atoms with E-state index in [0.717, 1.165) is 11.6 Å². The summed E-state index contributed by atoms with van der Waals surface area (Å²) >= 11 is 1.75. The van der Waals surface area contributed by atoms with Gasteiger partial charge in [0, 0.05) is 23.4 Å². The van der Waals surface area contributed by atoms with Crippen molar-refractivity contribution in [1.29, 1.82) is 0 Å². The highest BCUT2D eigenvalue weighted by Crippen LogP contribution is 2.29. The Labute approximate surface area is 130 Å². The Balaban J connectivity index is 2.38. The molecular formula is C15H23N5S. The first kappa shape index (κ1) is 15.7. The summed E-state index contributed by atoms with van der Waals surface area (Å²) in [7, 11) is 2.04. The number of anilines is 2. The quantitative estimate of drug-likeness (QED) is 0.670. The molecule has 0 aliphatic carbocycles. The van der Waals surface area contributed by atoms with Crippen LogP contribution in [0, 0.1) is 0 Å². The van der Waals surface area contributed by atoms with E-state index in [9.17, 15) is 0 Å². The van der Waals surface area contributed by atoms with Crippen LogP contribution in [0.2, 0.25) is 0 Å². The van der Waals surface area contributed by atoms with Gasteiger partial charge >= 0.3 is 0 Å². The largest absolute Gasteiger partial charge is 0.352 e. The van der Waals surface area contributed by atoms with Gasteiger partial charge in [-0.25, -0.2) is 15.8 Å². The van der Waals surface area contributed by atoms with Gasteiger partial charge in [-0.2, -0.15) is 0 Å². The zero-order valence-corrected chi connectivity index (χ0v) is 14.0. The zero-order valence-electron chi connectivity index (χ0n) is 13.2. The van der Waals surface area contributed by atoms with Crippen molar-refractivity contribution in [3.63, 3.8) is 0 Å². The van der Waals surface area contributed by atoms with Crippen molar-refractivity contribution in [2.75, 3.05) is 17.4 Å². The van der Waals surface area contributed by atoms with Crippen molar-refractivity contribution in [3.8, 4) is 0 Å². The van der Waals surface area contributed by atoms with E-state index < -0.39 is 0 Å². The molecule has 0 aliphatic rings. The number of hydrogen-bond acceptors (Lipinski definition) is 6. The second-order valence-electron chi connectivity index (χ2n) is 6.13. The molecule has 0 radical (unpaired) electrons. The first-order valence-corrected chi connectivity index (χ1v) is 7.83. The van der Waals surface area contributed by atoms with Crippen LogP contribution in [0.4, 0.5) is 11.6 Å². The number of rotatable bonds is 4. The Bertz CT molecular complexity index is 589. The van der Waals surface area contributed by atoms with Crippen molar-refractivity contribution in [3.05, 3.63) is 34.3 Å². The van der Waals surface area contributed by atoms with Crippen molar-refractivity contribution in [2.45, 2.75) is 39.2 Å². The highest BCUT2D eigenvalue weighted by atomic mass is 32.1. The van der Waals surface area contributed by atoms with E-state index >= 15 is 0 Å². The molecule has 2 aromatic heterocycles. The first-order chi connectivity index (χ1) is 9.82. The lowest BCUT2D eigenvalue weighted by atomic mass is 9.96. The monoisotopic (exact) mass is 305 g/mol. The standard InChI is InChI=1S/C15H23N5S/c1-10(11-7-6-8-21-11)20(5)13-9-12(19-16)17-14(18-13)15(2,3)4/h6-10H,16H2,1-5H3,(H,17,18,19). The molecule has 21 heavy (non-hydrogen) atoms. The van der Waals surface area contributed by atoms with E-state index in [1.807, 2.05) is 13.1 Å². The molecule has 0 saturated carbocycles. The minimum atomic E-state index is -0.130. The number of nitrogens with zero attached hydrogens (tertiary/aromatic N) is 3. The molecular weight excluding hydrogens is 282 g/mol. The number of hydrogen-bond donors (Lipinski definition) is 2. The number of nitrogen functional groups attached to an aromatic ring is 1. The number of nitrogens with two attached hydrogens (primary N) is 1. The zero-order chi connectivity index (χ0) is 15.6. The molecule has 2 rings (SSSR count). The third-order valence-electron chi connectivity index (χ3n) is 3.43. The molecule has 1 unspecified atom stereocenters. The van der Waals surface area contributed by atoms with Crippen molar-refractivity contribution in [1.82, 2.24) is 9.97 Å². The van der Waals surface area contributed by atoms with Gasteiger partial charge in [-0.3, -0.25) is 0 Å². The molecule has 0 spiro atoms. The van der Waals surface area contributed by atoms with Gasteiger partial charge in [-0.1, -0.05) is 26.8 Å². The second-order valence-corrected chi connectivity index (χ2v) is 7.11. The van der Waals surface area contributed by atoms with E-state index in [-0.39, 0.29) is 11.5 Å². The summed E-state index contributed by atoms with van der Waals surface area (Å²) in [5.41, 5.74) is 2.50. The summed E-state index contributed by atoms with van der Waals surface area (Å²) < 4.78 is 0. The van der Waals surface area contributed by atoms with E-state index in [0.29, 0.717) is 5.82 Å². The number of hydrazine groups is 1. The third kappa shape index (κ3) is 3.51. The summed E-state index contributed by atoms with van der Waals surface area (Å²) in [5, 5.41) is 2.09. The summed E-state index contributed by atoms with van der Waals surface area (Å²) in [6.07, 6.45) is 0. The molecule has 0 aromatic carbocycles. The lowest BCUT2D eigenvalue weighted by molar-refractivity contribution is 0.544. The van der Waals surface area contributed by atoms with Gasteiger partial charge in [0.1, 0.15) is 17.5 Å². The van der Waals surface area contributed by atoms with Gasteiger partial charge in [0.25, 0.3) is 0 Å². The molecule has 0 aliphatic heterocycles. The Hall–Kier alpha value is -1.66. The van der Waals surface area contributed by atoms with Gasteiger partial charge in [-0.15, -0.1) is 11.3 Å². The van der Waals surface area contributed by atoms with E-state index in [4.69, 9.17) is 10.8 Å². The van der Waals surface area contributed by atoms with Gasteiger partial charge in [-0.05, 0) is 18.4 Å². The van der Waals surface area contributed by atoms with Crippen molar-refractivity contribution >= 4 is 23.0 Å². The van der Waals surface area contributed by atoms with Gasteiger partial charge in [0.15, 0.2) is 0 Å². The predicted octanol–water partition coefficient (Wildman–Crippen LogP) is 3.32. The SMILES string of the molecule is CC(c1cccs1)N(C)c1cc(NN)nc(C(C)(C)C)n1. The minimum Gasteiger partial charge on any atom is -0.352 e. The highest BCUT2D eigenvalue weighted by Gasteiger charge is 2.22. The van der Waals surface area contributed by atoms with Crippen molar-refractivity contribution in [2.24, 2.45) is 5.84 Å². The van der Waals surface area contributed by atoms with Gasteiger partial charge in [0.2, 0.25) is 0 Å². The maximum Gasteiger partial charge on any atom is 0.145 e. The highest BCUT2D eigenvalue weighted by molar-refractivity contribution is 7.10. The average Bonchev–Trinajstić information content (AvgIpc) is 2.98. The number of nitrogens with one attached hydrogen (secondary N) is 1. The van der Waals surface area contributed by atoms with E-state index in [1.54, 1.807) is 11.3 Å². The van der Waals surface area contributed by atoms with Crippen LogP contribution in [0.5, 0.6) is 0 Å². The Morgan fingerprint density at radius 1 is 1.33 bits per heavy atom. The normalized spacial score (nSPS) is 13.0. The summed E-state index contributed by atoms with van der Waals surface area (Å²) in [5.74, 6) is 7.82. The van der Waals surface area contributed by atoms with Crippen LogP contribution in [0.25, 0.3) is 0 Å². The topological polar surface area (TPSA) is 67.1 Å². The predicted molar refractivity (Wildman–Crippen MR) is 89.7 cm³/mol. The van der Waals surface area contributed by atoms with Gasteiger partial charge < -0.3 is 10.3 Å². The van der Waals surface area contributed by atoms with Crippen LogP contribution >= 0.6 is 11.3 Å². The Morgan fingerprint density at radius 3 is 2.57 bits per heavy atom. The summed E-state index contributed by atoms with van der Waals surface area (Å²) in [6, 6.07) is 6.33. The maximum absolute atomic E-state index is 5.54. The van der Waals surface area contributed by atoms with Gasteiger partial charge in [0.05, 0.1) is 6.04 Å². The third-order valence-corrected chi connectivity index (χ3v) is 4.47. The summed E-state index contributed by atoms with van der Waals surface area (Å²) in [6.45, 7) is 8.44. The Kier molecular flexibility index (Phi) is 4.49. The van der Waals surface area contributed by atoms with Crippen LogP contribution < -0.4 is 16.2 Å². The van der Waals surface area contributed by atoms with E-state index in [2.05, 4.69) is 60.5 Å². The molecule has 5 nitrogen and oxygen atoms in total. The molecule has 0 saturated heterocycles. The summed E-state index contributed by atoms with van der Waals surface area (Å²) in [4.78, 5) is 12.6. The fraction of sp³-hybridized carbons (Fsp3) is 0.467. The van der Waals surface area contributed by atoms with Crippen LogP contribution in [0.15, 0.2) is 23.6 Å². The molecule has 2 heterocycles. The maximum atomic E-state index is 5.54. The molecule has 1 atom stereocenters. The number of thiophene rings is 1. The van der Waals surface area contributed by atoms with Crippen molar-refractivity contribution < 1.29 is 0 Å². The molecule has 0 fully saturated rings. The van der Waals surface area contributed by atoms with E-state index in [1.165, 1.54) is 4.88 Å². The lowest BCUT2D eigenvalue weighted by Gasteiger charge is -2.27. The molecule has 6 heteroatoms. The number of aromatic nitrogens is 2. The first-order valence-electron chi connectivity index (χ1n) is 6.95. The molecule has 2 aromatic rings. The van der Waals surface area contributed by atoms with Crippen LogP contribution in [0.1, 0.15) is 44.4 Å². The molecule has 0 bridgehead atoms. The average molecular weight is 305 g/mol. The van der Waals surface area contributed by atoms with Crippen LogP contribution in [-0.2, 0) is 5.41 Å². The smallest absolute Gasteiger partial charge is 0.145 e. The minimum absolute atomic E-state index is 0.130. The van der Waals surface area contributed by atoms with Crippen LogP contribution in [0.3, 0.4) is 0 Å². The second kappa shape index (κ2) is 5.99. The Morgan fingerprint density at radius 2 is 2.05 bits per heavy atom. The lowest BCUT2D eigenvalue weighted by Crippen LogP contribution is -2.25.